The van der Waals surface area contributed by atoms with Gasteiger partial charge in [0.25, 0.3) is 5.91 Å². The predicted molar refractivity (Wildman–Crippen MR) is 120 cm³/mol. The predicted octanol–water partition coefficient (Wildman–Crippen LogP) is 3.20. The van der Waals surface area contributed by atoms with Crippen LogP contribution in [-0.2, 0) is 10.2 Å². The molecule has 0 saturated heterocycles. The summed E-state index contributed by atoms with van der Waals surface area (Å²) in [4.78, 5) is 36.6. The molecule has 1 aliphatic rings. The number of benzene rings is 1. The van der Waals surface area contributed by atoms with E-state index >= 15 is 0 Å². The maximum atomic E-state index is 14.2. The van der Waals surface area contributed by atoms with Gasteiger partial charge in [-0.25, -0.2) is 19.3 Å². The number of nitrogens with one attached hydrogen (secondary N) is 1. The largest absolute Gasteiger partial charge is 0.489 e. The molecule has 2 atom stereocenters. The van der Waals surface area contributed by atoms with Crippen LogP contribution in [0.3, 0.4) is 0 Å². The van der Waals surface area contributed by atoms with E-state index in [-0.39, 0.29) is 34.9 Å². The van der Waals surface area contributed by atoms with Crippen molar-refractivity contribution in [3.8, 4) is 17.0 Å². The molecule has 3 N–H and O–H groups in total. The lowest BCUT2D eigenvalue weighted by Crippen LogP contribution is -2.40. The molecular weight excluding hydrogens is 482 g/mol. The van der Waals surface area contributed by atoms with E-state index < -0.39 is 47.4 Å². The highest BCUT2D eigenvalue weighted by Gasteiger charge is 2.47. The third-order valence-electron chi connectivity index (χ3n) is 6.08. The van der Waals surface area contributed by atoms with E-state index in [1.807, 2.05) is 0 Å². The summed E-state index contributed by atoms with van der Waals surface area (Å²) < 4.78 is 61.9. The van der Waals surface area contributed by atoms with Gasteiger partial charge in [-0.2, -0.15) is 13.2 Å². The molecule has 1 aromatic carbocycles. The number of aryl methyl sites for hydroxylation is 1. The second-order valence-corrected chi connectivity index (χ2v) is 8.62. The van der Waals surface area contributed by atoms with E-state index in [4.69, 9.17) is 10.5 Å². The molecule has 1 aliphatic heterocycles. The standard InChI is InChI=1S/C24H21F4N5O3/c1-12-8-30-11-32-18(12)21(34)31-9-16(24(26,27)28)17-7-15-20(36-10-23(15,2)22(29)35)19(33-17)13-3-5-14(25)6-4-13/h3-8,11,16H,9-10H2,1-2H3,(H2,29,35)(H,31,34)/t16-,23+/m1/s1. The van der Waals surface area contributed by atoms with E-state index in [2.05, 4.69) is 20.3 Å². The van der Waals surface area contributed by atoms with E-state index in [9.17, 15) is 27.2 Å². The van der Waals surface area contributed by atoms with Gasteiger partial charge in [0.1, 0.15) is 47.2 Å². The zero-order chi connectivity index (χ0) is 26.3. The Bertz CT molecular complexity index is 1330. The molecule has 4 rings (SSSR count). The van der Waals surface area contributed by atoms with Gasteiger partial charge < -0.3 is 15.8 Å². The average molecular weight is 503 g/mol. The van der Waals surface area contributed by atoms with Crippen LogP contribution in [0.15, 0.2) is 42.9 Å². The summed E-state index contributed by atoms with van der Waals surface area (Å²) in [5, 5.41) is 2.26. The molecular formula is C24H21F4N5O3. The Balaban J connectivity index is 1.80. The number of carbonyl (C=O) groups excluding carboxylic acids is 2. The Morgan fingerprint density at radius 1 is 1.25 bits per heavy atom. The van der Waals surface area contributed by atoms with Gasteiger partial charge in [-0.3, -0.25) is 9.59 Å². The van der Waals surface area contributed by atoms with Crippen LogP contribution in [0, 0.1) is 12.7 Å². The summed E-state index contributed by atoms with van der Waals surface area (Å²) in [6, 6.07) is 6.06. The summed E-state index contributed by atoms with van der Waals surface area (Å²) in [7, 11) is 0. The SMILES string of the molecule is Cc1cncnc1C(=O)NC[C@H](c1cc2c(c(-c3ccc(F)cc3)n1)OC[C@]2(C)C(N)=O)C(F)(F)F. The number of ether oxygens (including phenoxy) is 1. The molecule has 2 amide bonds. The number of amides is 2. The van der Waals surface area contributed by atoms with Crippen LogP contribution in [0.5, 0.6) is 5.75 Å². The van der Waals surface area contributed by atoms with Crippen LogP contribution >= 0.6 is 0 Å². The van der Waals surface area contributed by atoms with Crippen molar-refractivity contribution < 1.29 is 31.9 Å². The summed E-state index contributed by atoms with van der Waals surface area (Å²) in [5.41, 5.74) is 4.43. The van der Waals surface area contributed by atoms with Crippen LogP contribution in [0.25, 0.3) is 11.3 Å². The number of primary amides is 1. The summed E-state index contributed by atoms with van der Waals surface area (Å²) in [6.45, 7) is 1.96. The van der Waals surface area contributed by atoms with Gasteiger partial charge in [0.2, 0.25) is 5.91 Å². The number of hydrogen-bond acceptors (Lipinski definition) is 6. The van der Waals surface area contributed by atoms with E-state index in [1.54, 1.807) is 6.92 Å². The highest BCUT2D eigenvalue weighted by molar-refractivity contribution is 5.93. The molecule has 0 unspecified atom stereocenters. The van der Waals surface area contributed by atoms with Gasteiger partial charge in [-0.05, 0) is 49.7 Å². The maximum absolute atomic E-state index is 14.2. The molecule has 3 heterocycles. The molecule has 0 fully saturated rings. The van der Waals surface area contributed by atoms with Crippen molar-refractivity contribution >= 4 is 11.8 Å². The first-order chi connectivity index (χ1) is 16.9. The molecule has 0 radical (unpaired) electrons. The number of halogens is 4. The number of carbonyl (C=O) groups is 2. The Kier molecular flexibility index (Phi) is 6.37. The number of aromatic nitrogens is 3. The molecule has 0 aliphatic carbocycles. The minimum absolute atomic E-state index is 0.000281. The van der Waals surface area contributed by atoms with Crippen molar-refractivity contribution in [1.82, 2.24) is 20.3 Å². The third-order valence-corrected chi connectivity index (χ3v) is 6.08. The zero-order valence-corrected chi connectivity index (χ0v) is 19.2. The maximum Gasteiger partial charge on any atom is 0.398 e. The van der Waals surface area contributed by atoms with Gasteiger partial charge in [0.05, 0.1) is 5.69 Å². The number of nitrogens with zero attached hydrogens (tertiary/aromatic N) is 3. The third kappa shape index (κ3) is 4.58. The molecule has 0 spiro atoms. The van der Waals surface area contributed by atoms with Crippen LogP contribution in [0.4, 0.5) is 17.6 Å². The number of alkyl halides is 3. The minimum atomic E-state index is -4.82. The van der Waals surface area contributed by atoms with Crippen LogP contribution in [0.1, 0.15) is 40.2 Å². The van der Waals surface area contributed by atoms with Crippen molar-refractivity contribution in [1.29, 1.82) is 0 Å². The van der Waals surface area contributed by atoms with Gasteiger partial charge in [0, 0.05) is 23.9 Å². The lowest BCUT2D eigenvalue weighted by molar-refractivity contribution is -0.149. The fourth-order valence-electron chi connectivity index (χ4n) is 3.89. The van der Waals surface area contributed by atoms with Crippen molar-refractivity contribution in [2.75, 3.05) is 13.2 Å². The van der Waals surface area contributed by atoms with E-state index in [0.717, 1.165) is 24.5 Å². The molecule has 0 saturated carbocycles. The molecule has 36 heavy (non-hydrogen) atoms. The van der Waals surface area contributed by atoms with Crippen LogP contribution in [0.2, 0.25) is 0 Å². The minimum Gasteiger partial charge on any atom is -0.489 e. The van der Waals surface area contributed by atoms with Crippen molar-refractivity contribution in [3.05, 3.63) is 71.2 Å². The van der Waals surface area contributed by atoms with Gasteiger partial charge in [-0.1, -0.05) is 0 Å². The number of pyridine rings is 1. The summed E-state index contributed by atoms with van der Waals surface area (Å²) in [6.07, 6.45) is -2.34. The van der Waals surface area contributed by atoms with Crippen molar-refractivity contribution in [2.24, 2.45) is 5.73 Å². The Labute approximate surface area is 202 Å². The quantitative estimate of drug-likeness (QED) is 0.499. The Morgan fingerprint density at radius 3 is 2.56 bits per heavy atom. The fraction of sp³-hybridized carbons (Fsp3) is 0.292. The van der Waals surface area contributed by atoms with Gasteiger partial charge in [-0.15, -0.1) is 0 Å². The van der Waals surface area contributed by atoms with Crippen LogP contribution in [-0.4, -0.2) is 46.1 Å². The lowest BCUT2D eigenvalue weighted by atomic mass is 9.82. The molecule has 2 aromatic heterocycles. The second-order valence-electron chi connectivity index (χ2n) is 8.62. The number of nitrogens with two attached hydrogens (primary N) is 1. The number of hydrogen-bond donors (Lipinski definition) is 2. The van der Waals surface area contributed by atoms with E-state index in [1.165, 1.54) is 25.3 Å². The average Bonchev–Trinajstić information content (AvgIpc) is 3.17. The monoisotopic (exact) mass is 503 g/mol. The first-order valence-corrected chi connectivity index (χ1v) is 10.8. The molecule has 8 nitrogen and oxygen atoms in total. The highest BCUT2D eigenvalue weighted by atomic mass is 19.4. The van der Waals surface area contributed by atoms with Crippen molar-refractivity contribution in [2.45, 2.75) is 31.4 Å². The van der Waals surface area contributed by atoms with Crippen molar-refractivity contribution in [3.63, 3.8) is 0 Å². The normalized spacial score (nSPS) is 17.7. The Hall–Kier alpha value is -4.09. The molecule has 12 heteroatoms. The lowest BCUT2D eigenvalue weighted by Gasteiger charge is -2.24. The van der Waals surface area contributed by atoms with E-state index in [0.29, 0.717) is 5.56 Å². The number of rotatable bonds is 6. The fourth-order valence-corrected chi connectivity index (χ4v) is 3.89. The second kappa shape index (κ2) is 9.17. The molecule has 188 valence electrons. The first kappa shape index (κ1) is 25.0. The molecule has 3 aromatic rings. The Morgan fingerprint density at radius 2 is 1.94 bits per heavy atom. The smallest absolute Gasteiger partial charge is 0.398 e. The summed E-state index contributed by atoms with van der Waals surface area (Å²) in [5.74, 6) is -4.31. The van der Waals surface area contributed by atoms with Gasteiger partial charge in [0.15, 0.2) is 0 Å². The van der Waals surface area contributed by atoms with Crippen LogP contribution < -0.4 is 15.8 Å². The summed E-state index contributed by atoms with van der Waals surface area (Å²) >= 11 is 0. The topological polar surface area (TPSA) is 120 Å². The molecule has 0 bridgehead atoms. The van der Waals surface area contributed by atoms with Gasteiger partial charge >= 0.3 is 6.18 Å². The zero-order valence-electron chi connectivity index (χ0n) is 19.2. The highest BCUT2D eigenvalue weighted by Crippen LogP contribution is 2.46. The first-order valence-electron chi connectivity index (χ1n) is 10.8. The number of fused-ring (bicyclic) bond motifs is 1.